The summed E-state index contributed by atoms with van der Waals surface area (Å²) in [4.78, 5) is 29.5. The van der Waals surface area contributed by atoms with Crippen molar-refractivity contribution in [1.82, 2.24) is 19.9 Å². The van der Waals surface area contributed by atoms with Crippen LogP contribution in [0.4, 0.5) is 10.2 Å². The number of amides is 1. The summed E-state index contributed by atoms with van der Waals surface area (Å²) in [5, 5.41) is 0. The number of hydrogen-bond acceptors (Lipinski definition) is 6. The summed E-state index contributed by atoms with van der Waals surface area (Å²) in [6, 6.07) is 4.18. The zero-order valence-corrected chi connectivity index (χ0v) is 15.1. The summed E-state index contributed by atoms with van der Waals surface area (Å²) >= 11 is 0. The van der Waals surface area contributed by atoms with Gasteiger partial charge in [-0.25, -0.2) is 15.0 Å². The molecular formula is C19H22FN5O2. The summed E-state index contributed by atoms with van der Waals surface area (Å²) in [6.07, 6.45) is 6.59. The molecule has 2 aliphatic heterocycles. The lowest BCUT2D eigenvalue weighted by atomic mass is 10.1. The van der Waals surface area contributed by atoms with E-state index in [4.69, 9.17) is 9.72 Å². The van der Waals surface area contributed by atoms with E-state index in [0.29, 0.717) is 25.6 Å². The molecule has 4 heterocycles. The number of halogens is 1. The van der Waals surface area contributed by atoms with Crippen LogP contribution < -0.4 is 4.90 Å². The van der Waals surface area contributed by atoms with E-state index < -0.39 is 12.0 Å². The average Bonchev–Trinajstić information content (AvgIpc) is 2.74. The first-order valence-corrected chi connectivity index (χ1v) is 9.30. The zero-order chi connectivity index (χ0) is 18.6. The Morgan fingerprint density at radius 1 is 1.11 bits per heavy atom. The second kappa shape index (κ2) is 7.96. The second-order valence-corrected chi connectivity index (χ2v) is 6.78. The zero-order valence-electron chi connectivity index (χ0n) is 15.1. The normalized spacial score (nSPS) is 20.6. The van der Waals surface area contributed by atoms with Crippen LogP contribution in [0.3, 0.4) is 0 Å². The summed E-state index contributed by atoms with van der Waals surface area (Å²) in [6.45, 7) is 3.13. The van der Waals surface area contributed by atoms with Crippen molar-refractivity contribution in [3.63, 3.8) is 0 Å². The third kappa shape index (κ3) is 3.90. The van der Waals surface area contributed by atoms with E-state index >= 15 is 0 Å². The van der Waals surface area contributed by atoms with Crippen LogP contribution in [-0.4, -0.2) is 58.6 Å². The van der Waals surface area contributed by atoms with E-state index in [-0.39, 0.29) is 11.5 Å². The van der Waals surface area contributed by atoms with Crippen molar-refractivity contribution in [1.29, 1.82) is 0 Å². The topological polar surface area (TPSA) is 71.5 Å². The van der Waals surface area contributed by atoms with Crippen LogP contribution >= 0.6 is 0 Å². The van der Waals surface area contributed by atoms with E-state index in [1.807, 2.05) is 6.07 Å². The van der Waals surface area contributed by atoms with Crippen LogP contribution in [0.15, 0.2) is 30.6 Å². The molecule has 2 fully saturated rings. The van der Waals surface area contributed by atoms with Gasteiger partial charge in [0.05, 0.1) is 13.2 Å². The van der Waals surface area contributed by atoms with Gasteiger partial charge in [-0.1, -0.05) is 0 Å². The number of rotatable bonds is 3. The van der Waals surface area contributed by atoms with Crippen LogP contribution in [0.1, 0.15) is 41.5 Å². The van der Waals surface area contributed by atoms with Crippen molar-refractivity contribution < 1.29 is 13.9 Å². The fourth-order valence-electron chi connectivity index (χ4n) is 3.59. The number of anilines is 1. The Bertz CT molecular complexity index is 812. The van der Waals surface area contributed by atoms with Gasteiger partial charge in [0.15, 0.2) is 5.82 Å². The van der Waals surface area contributed by atoms with Gasteiger partial charge in [-0.3, -0.25) is 4.79 Å². The van der Waals surface area contributed by atoms with E-state index in [9.17, 15) is 9.18 Å². The third-order valence-corrected chi connectivity index (χ3v) is 5.00. The number of pyridine rings is 1. The molecule has 0 spiro atoms. The van der Waals surface area contributed by atoms with Crippen molar-refractivity contribution in [2.75, 3.05) is 37.7 Å². The molecule has 2 saturated heterocycles. The molecule has 1 amide bonds. The van der Waals surface area contributed by atoms with Crippen LogP contribution in [0.5, 0.6) is 0 Å². The molecule has 0 radical (unpaired) electrons. The lowest BCUT2D eigenvalue weighted by molar-refractivity contribution is -0.00523. The Kier molecular flexibility index (Phi) is 5.24. The maximum absolute atomic E-state index is 13.4. The largest absolute Gasteiger partial charge is 0.377 e. The standard InChI is InChI=1S/C19H22FN5O2/c20-16-12-14(4-6-21-16)19(26)25-10-11-27-13-15(25)18-22-7-5-17(23-18)24-8-2-1-3-9-24/h4-7,12,15H,1-3,8-11,13H2/t15-/m0/s1. The maximum Gasteiger partial charge on any atom is 0.254 e. The van der Waals surface area contributed by atoms with Gasteiger partial charge < -0.3 is 14.5 Å². The van der Waals surface area contributed by atoms with Gasteiger partial charge in [0.25, 0.3) is 5.91 Å². The predicted octanol–water partition coefficient (Wildman–Crippen LogP) is 2.21. The summed E-state index contributed by atoms with van der Waals surface area (Å²) in [5.74, 6) is 0.499. The highest BCUT2D eigenvalue weighted by Gasteiger charge is 2.32. The molecule has 2 aliphatic rings. The van der Waals surface area contributed by atoms with Gasteiger partial charge in [-0.05, 0) is 31.4 Å². The van der Waals surface area contributed by atoms with Crippen molar-refractivity contribution in [3.05, 3.63) is 47.9 Å². The van der Waals surface area contributed by atoms with Crippen LogP contribution in [-0.2, 0) is 4.74 Å². The minimum atomic E-state index is -0.672. The van der Waals surface area contributed by atoms with E-state index in [1.54, 1.807) is 11.1 Å². The summed E-state index contributed by atoms with van der Waals surface area (Å²) in [7, 11) is 0. The molecule has 7 nitrogen and oxygen atoms in total. The molecule has 0 saturated carbocycles. The number of morpholine rings is 1. The van der Waals surface area contributed by atoms with Crippen LogP contribution in [0.2, 0.25) is 0 Å². The molecule has 0 unspecified atom stereocenters. The number of carbonyl (C=O) groups is 1. The fraction of sp³-hybridized carbons (Fsp3) is 0.474. The Hall–Kier alpha value is -2.61. The number of piperidine rings is 1. The van der Waals surface area contributed by atoms with Crippen molar-refractivity contribution >= 4 is 11.7 Å². The van der Waals surface area contributed by atoms with Gasteiger partial charge in [0, 0.05) is 43.7 Å². The second-order valence-electron chi connectivity index (χ2n) is 6.78. The average molecular weight is 371 g/mol. The smallest absolute Gasteiger partial charge is 0.254 e. The predicted molar refractivity (Wildman–Crippen MR) is 96.9 cm³/mol. The van der Waals surface area contributed by atoms with E-state index in [1.165, 1.54) is 18.7 Å². The molecule has 0 aromatic carbocycles. The van der Waals surface area contributed by atoms with Crippen molar-refractivity contribution in [2.24, 2.45) is 0 Å². The van der Waals surface area contributed by atoms with Gasteiger partial charge in [0.2, 0.25) is 5.95 Å². The van der Waals surface area contributed by atoms with Crippen molar-refractivity contribution in [3.8, 4) is 0 Å². The monoisotopic (exact) mass is 371 g/mol. The molecule has 142 valence electrons. The first kappa shape index (κ1) is 17.8. The minimum absolute atomic E-state index is 0.265. The summed E-state index contributed by atoms with van der Waals surface area (Å²) < 4.78 is 19.0. The third-order valence-electron chi connectivity index (χ3n) is 5.00. The number of nitrogens with zero attached hydrogens (tertiary/aromatic N) is 5. The number of hydrogen-bond donors (Lipinski definition) is 0. The van der Waals surface area contributed by atoms with Crippen molar-refractivity contribution in [2.45, 2.75) is 25.3 Å². The van der Waals surface area contributed by atoms with E-state index in [0.717, 1.165) is 37.8 Å². The molecule has 1 atom stereocenters. The molecule has 0 aliphatic carbocycles. The molecule has 2 aromatic heterocycles. The number of aromatic nitrogens is 3. The lowest BCUT2D eigenvalue weighted by Crippen LogP contribution is -2.44. The van der Waals surface area contributed by atoms with Crippen LogP contribution in [0.25, 0.3) is 0 Å². The molecule has 2 aromatic rings. The number of carbonyl (C=O) groups excluding carboxylic acids is 1. The maximum atomic E-state index is 13.4. The molecular weight excluding hydrogens is 349 g/mol. The molecule has 4 rings (SSSR count). The Balaban J connectivity index is 1.60. The highest BCUT2D eigenvalue weighted by Crippen LogP contribution is 2.26. The fourth-order valence-corrected chi connectivity index (χ4v) is 3.59. The highest BCUT2D eigenvalue weighted by atomic mass is 19.1. The lowest BCUT2D eigenvalue weighted by Gasteiger charge is -2.35. The molecule has 8 heteroatoms. The highest BCUT2D eigenvalue weighted by molar-refractivity contribution is 5.94. The summed E-state index contributed by atoms with van der Waals surface area (Å²) in [5.41, 5.74) is 0.265. The number of ether oxygens (including phenoxy) is 1. The first-order valence-electron chi connectivity index (χ1n) is 9.30. The molecule has 27 heavy (non-hydrogen) atoms. The van der Waals surface area contributed by atoms with Gasteiger partial charge in [-0.2, -0.15) is 4.39 Å². The van der Waals surface area contributed by atoms with Gasteiger partial charge in [-0.15, -0.1) is 0 Å². The quantitative estimate of drug-likeness (QED) is 0.771. The van der Waals surface area contributed by atoms with Crippen LogP contribution in [0, 0.1) is 5.95 Å². The first-order chi connectivity index (χ1) is 13.2. The van der Waals surface area contributed by atoms with Gasteiger partial charge >= 0.3 is 0 Å². The molecule has 0 N–H and O–H groups in total. The Morgan fingerprint density at radius 3 is 2.74 bits per heavy atom. The Labute approximate surface area is 157 Å². The SMILES string of the molecule is O=C(c1ccnc(F)c1)N1CCOC[C@H]1c1nccc(N2CCCCC2)n1. The van der Waals surface area contributed by atoms with Gasteiger partial charge in [0.1, 0.15) is 11.9 Å². The molecule has 0 bridgehead atoms. The Morgan fingerprint density at radius 2 is 1.93 bits per heavy atom. The van der Waals surface area contributed by atoms with E-state index in [2.05, 4.69) is 14.9 Å². The minimum Gasteiger partial charge on any atom is -0.377 e.